The predicted molar refractivity (Wildman–Crippen MR) is 127 cm³/mol. The van der Waals surface area contributed by atoms with Crippen molar-refractivity contribution in [3.8, 4) is 0 Å². The number of sulfonamides is 1. The Hall–Kier alpha value is -2.55. The molecule has 0 saturated carbocycles. The van der Waals surface area contributed by atoms with Gasteiger partial charge in [0.1, 0.15) is 4.90 Å². The Balaban J connectivity index is 1.66. The van der Waals surface area contributed by atoms with Crippen LogP contribution in [0.15, 0.2) is 59.5 Å². The maximum absolute atomic E-state index is 13.4. The number of amides is 1. The fraction of sp³-hybridized carbons (Fsp3) is 0.348. The van der Waals surface area contributed by atoms with E-state index in [2.05, 4.69) is 16.1 Å². The number of carbonyl (C=O) groups is 1. The number of rotatable bonds is 6. The Kier molecular flexibility index (Phi) is 7.03. The van der Waals surface area contributed by atoms with Crippen LogP contribution in [0.2, 0.25) is 5.02 Å². The fourth-order valence-electron chi connectivity index (χ4n) is 3.89. The van der Waals surface area contributed by atoms with Crippen molar-refractivity contribution in [3.05, 3.63) is 59.6 Å². The molecule has 0 unspecified atom stereocenters. The molecule has 0 aromatic heterocycles. The Labute approximate surface area is 193 Å². The average molecular weight is 476 g/mol. The van der Waals surface area contributed by atoms with Gasteiger partial charge in [0.15, 0.2) is 0 Å². The average Bonchev–Trinajstić information content (AvgIpc) is 2.81. The summed E-state index contributed by atoms with van der Waals surface area (Å²) in [5.41, 5.74) is 1.30. The molecule has 0 radical (unpaired) electrons. The molecule has 170 valence electrons. The number of anilines is 3. The molecular weight excluding hydrogens is 450 g/mol. The van der Waals surface area contributed by atoms with Crippen LogP contribution in [0.4, 0.5) is 17.1 Å². The number of allylic oxidation sites excluding steroid dienone is 2. The summed E-state index contributed by atoms with van der Waals surface area (Å²) in [6, 6.07) is 11.7. The van der Waals surface area contributed by atoms with Gasteiger partial charge >= 0.3 is 0 Å². The standard InChI is InChI=1S/C23H26ClN3O4S/c24-19-8-4-5-9-20(19)26-32(29,30)22-16-18(25-23(28)17-6-2-1-3-7-17)10-11-21(22)27-12-14-31-15-13-27/h1-2,4-5,8-11,16-17,26H,3,6-7,12-15H2,(H,25,28)/t17-/m0/s1. The van der Waals surface area contributed by atoms with Gasteiger partial charge in [0, 0.05) is 24.7 Å². The Morgan fingerprint density at radius 1 is 1.09 bits per heavy atom. The number of ether oxygens (including phenoxy) is 1. The predicted octanol–water partition coefficient (Wildman–Crippen LogP) is 4.27. The zero-order valence-corrected chi connectivity index (χ0v) is 19.2. The molecule has 7 nitrogen and oxygen atoms in total. The summed E-state index contributed by atoms with van der Waals surface area (Å²) < 4.78 is 34.8. The molecule has 1 fully saturated rings. The molecule has 9 heteroatoms. The number of nitrogens with one attached hydrogen (secondary N) is 2. The van der Waals surface area contributed by atoms with E-state index < -0.39 is 10.0 Å². The third kappa shape index (κ3) is 5.26. The first-order valence-electron chi connectivity index (χ1n) is 10.6. The van der Waals surface area contributed by atoms with E-state index in [-0.39, 0.29) is 16.7 Å². The summed E-state index contributed by atoms with van der Waals surface area (Å²) in [5.74, 6) is -0.212. The second-order valence-electron chi connectivity index (χ2n) is 7.84. The molecule has 2 aromatic carbocycles. The number of nitrogens with zero attached hydrogens (tertiary/aromatic N) is 1. The van der Waals surface area contributed by atoms with Gasteiger partial charge in [-0.1, -0.05) is 35.9 Å². The van der Waals surface area contributed by atoms with Gasteiger partial charge in [0.05, 0.1) is 29.6 Å². The summed E-state index contributed by atoms with van der Waals surface area (Å²) in [7, 11) is -3.98. The molecule has 1 amide bonds. The van der Waals surface area contributed by atoms with Crippen LogP contribution in [0, 0.1) is 5.92 Å². The van der Waals surface area contributed by atoms with E-state index in [1.165, 1.54) is 6.07 Å². The number of halogens is 1. The minimum Gasteiger partial charge on any atom is -0.378 e. The van der Waals surface area contributed by atoms with Crippen molar-refractivity contribution in [2.75, 3.05) is 41.2 Å². The van der Waals surface area contributed by atoms with Gasteiger partial charge in [-0.25, -0.2) is 8.42 Å². The lowest BCUT2D eigenvalue weighted by atomic mass is 9.93. The number of benzene rings is 2. The zero-order chi connectivity index (χ0) is 22.6. The molecule has 1 heterocycles. The van der Waals surface area contributed by atoms with Crippen molar-refractivity contribution in [1.82, 2.24) is 0 Å². The van der Waals surface area contributed by atoms with Crippen LogP contribution < -0.4 is 14.9 Å². The highest BCUT2D eigenvalue weighted by molar-refractivity contribution is 7.93. The normalized spacial score (nSPS) is 18.9. The van der Waals surface area contributed by atoms with Gasteiger partial charge in [-0.15, -0.1) is 0 Å². The highest BCUT2D eigenvalue weighted by Gasteiger charge is 2.26. The first-order valence-corrected chi connectivity index (χ1v) is 12.5. The number of hydrogen-bond acceptors (Lipinski definition) is 5. The number of carbonyl (C=O) groups excluding carboxylic acids is 1. The molecule has 32 heavy (non-hydrogen) atoms. The minimum absolute atomic E-state index is 0.0839. The second kappa shape index (κ2) is 9.94. The van der Waals surface area contributed by atoms with E-state index in [1.807, 2.05) is 11.0 Å². The van der Waals surface area contributed by atoms with Gasteiger partial charge in [0.2, 0.25) is 5.91 Å². The number of hydrogen-bond donors (Lipinski definition) is 2. The lowest BCUT2D eigenvalue weighted by Crippen LogP contribution is -2.37. The SMILES string of the molecule is O=C(Nc1ccc(N2CCOCC2)c(S(=O)(=O)Nc2ccccc2Cl)c1)[C@H]1CC=CCC1. The largest absolute Gasteiger partial charge is 0.378 e. The molecule has 2 aromatic rings. The molecule has 0 spiro atoms. The minimum atomic E-state index is -3.98. The van der Waals surface area contributed by atoms with Gasteiger partial charge in [-0.3, -0.25) is 9.52 Å². The van der Waals surface area contributed by atoms with Crippen molar-refractivity contribution < 1.29 is 17.9 Å². The monoisotopic (exact) mass is 475 g/mol. The lowest BCUT2D eigenvalue weighted by molar-refractivity contribution is -0.120. The summed E-state index contributed by atoms with van der Waals surface area (Å²) in [6.07, 6.45) is 6.43. The summed E-state index contributed by atoms with van der Waals surface area (Å²) >= 11 is 6.18. The van der Waals surface area contributed by atoms with E-state index in [4.69, 9.17) is 16.3 Å². The topological polar surface area (TPSA) is 87.7 Å². The van der Waals surface area contributed by atoms with E-state index in [1.54, 1.807) is 36.4 Å². The molecule has 2 aliphatic rings. The maximum Gasteiger partial charge on any atom is 0.264 e. The number of morpholine rings is 1. The van der Waals surface area contributed by atoms with Crippen molar-refractivity contribution in [2.45, 2.75) is 24.2 Å². The van der Waals surface area contributed by atoms with E-state index in [0.717, 1.165) is 12.8 Å². The number of para-hydroxylation sites is 1. The van der Waals surface area contributed by atoms with Crippen LogP contribution in [0.3, 0.4) is 0 Å². The van der Waals surface area contributed by atoms with E-state index in [9.17, 15) is 13.2 Å². The summed E-state index contributed by atoms with van der Waals surface area (Å²) in [4.78, 5) is 14.8. The smallest absolute Gasteiger partial charge is 0.264 e. The Morgan fingerprint density at radius 2 is 1.88 bits per heavy atom. The first-order chi connectivity index (χ1) is 15.4. The highest BCUT2D eigenvalue weighted by Crippen LogP contribution is 2.32. The lowest BCUT2D eigenvalue weighted by Gasteiger charge is -2.30. The Morgan fingerprint density at radius 3 is 2.59 bits per heavy atom. The van der Waals surface area contributed by atoms with E-state index >= 15 is 0 Å². The van der Waals surface area contributed by atoms with Gasteiger partial charge in [-0.05, 0) is 49.6 Å². The summed E-state index contributed by atoms with van der Waals surface area (Å²) in [6.45, 7) is 2.19. The quantitative estimate of drug-likeness (QED) is 0.609. The van der Waals surface area contributed by atoms with Gasteiger partial charge < -0.3 is 15.0 Å². The molecule has 0 bridgehead atoms. The second-order valence-corrected chi connectivity index (χ2v) is 9.90. The van der Waals surface area contributed by atoms with Crippen LogP contribution in [-0.2, 0) is 19.6 Å². The van der Waals surface area contributed by atoms with Crippen molar-refractivity contribution >= 4 is 44.6 Å². The van der Waals surface area contributed by atoms with Crippen molar-refractivity contribution in [2.24, 2.45) is 5.92 Å². The third-order valence-corrected chi connectivity index (χ3v) is 7.35. The van der Waals surface area contributed by atoms with Crippen molar-refractivity contribution in [3.63, 3.8) is 0 Å². The molecule has 1 atom stereocenters. The van der Waals surface area contributed by atoms with Gasteiger partial charge in [-0.2, -0.15) is 0 Å². The molecule has 1 aliphatic carbocycles. The van der Waals surface area contributed by atoms with Crippen LogP contribution in [-0.4, -0.2) is 40.6 Å². The first kappa shape index (κ1) is 22.6. The third-order valence-electron chi connectivity index (χ3n) is 5.63. The Bertz CT molecular complexity index is 1110. The molecule has 2 N–H and O–H groups in total. The molecule has 4 rings (SSSR count). The zero-order valence-electron chi connectivity index (χ0n) is 17.6. The van der Waals surface area contributed by atoms with Crippen LogP contribution in [0.25, 0.3) is 0 Å². The van der Waals surface area contributed by atoms with Crippen LogP contribution >= 0.6 is 11.6 Å². The van der Waals surface area contributed by atoms with Crippen molar-refractivity contribution in [1.29, 1.82) is 0 Å². The maximum atomic E-state index is 13.4. The molecule has 1 aliphatic heterocycles. The summed E-state index contributed by atoms with van der Waals surface area (Å²) in [5, 5.41) is 3.20. The van der Waals surface area contributed by atoms with Crippen LogP contribution in [0.5, 0.6) is 0 Å². The van der Waals surface area contributed by atoms with E-state index in [0.29, 0.717) is 54.8 Å². The van der Waals surface area contributed by atoms with Crippen LogP contribution in [0.1, 0.15) is 19.3 Å². The molecule has 1 saturated heterocycles. The molecular formula is C23H26ClN3O4S. The fourth-order valence-corrected chi connectivity index (χ4v) is 5.46. The highest BCUT2D eigenvalue weighted by atomic mass is 35.5. The van der Waals surface area contributed by atoms with Gasteiger partial charge in [0.25, 0.3) is 10.0 Å².